The van der Waals surface area contributed by atoms with E-state index in [-0.39, 0.29) is 6.04 Å². The van der Waals surface area contributed by atoms with Gasteiger partial charge in [-0.15, -0.1) is 0 Å². The second kappa shape index (κ2) is 7.86. The van der Waals surface area contributed by atoms with E-state index in [1.807, 2.05) is 0 Å². The summed E-state index contributed by atoms with van der Waals surface area (Å²) in [5, 5.41) is 0. The molecule has 100 valence electrons. The summed E-state index contributed by atoms with van der Waals surface area (Å²) in [5.41, 5.74) is 6.12. The van der Waals surface area contributed by atoms with Crippen LogP contribution in [0.2, 0.25) is 0 Å². The largest absolute Gasteiger partial charge is 0.321 e. The van der Waals surface area contributed by atoms with Crippen molar-refractivity contribution in [2.75, 3.05) is 0 Å². The van der Waals surface area contributed by atoms with Gasteiger partial charge < -0.3 is 5.73 Å². The first-order valence-corrected chi connectivity index (χ1v) is 7.43. The second-order valence-electron chi connectivity index (χ2n) is 5.84. The number of carbonyl (C=O) groups is 1. The molecular weight excluding hydrogens is 210 g/mol. The molecular formula is C15H29NO. The fourth-order valence-corrected chi connectivity index (χ4v) is 2.89. The molecule has 1 fully saturated rings. The molecule has 1 saturated carbocycles. The molecule has 0 radical (unpaired) electrons. The number of hydrogen-bond acceptors (Lipinski definition) is 2. The summed E-state index contributed by atoms with van der Waals surface area (Å²) in [4.78, 5) is 12.1. The molecule has 2 atom stereocenters. The Hall–Kier alpha value is -0.370. The van der Waals surface area contributed by atoms with E-state index in [2.05, 4.69) is 13.8 Å². The summed E-state index contributed by atoms with van der Waals surface area (Å²) in [5.74, 6) is 1.28. The van der Waals surface area contributed by atoms with Crippen LogP contribution in [0.25, 0.3) is 0 Å². The average molecular weight is 239 g/mol. The van der Waals surface area contributed by atoms with Crippen molar-refractivity contribution < 1.29 is 4.79 Å². The lowest BCUT2D eigenvalue weighted by atomic mass is 9.81. The fourth-order valence-electron chi connectivity index (χ4n) is 2.89. The lowest BCUT2D eigenvalue weighted by Crippen LogP contribution is -2.39. The SMILES string of the molecule is CCCCC(C)CC(=O)C(N)C1CCCCC1. The molecule has 0 bridgehead atoms. The Kier molecular flexibility index (Phi) is 6.79. The standard InChI is InChI=1S/C15H29NO/c1-3-4-8-12(2)11-14(17)15(16)13-9-6-5-7-10-13/h12-13,15H,3-11,16H2,1-2H3. The van der Waals surface area contributed by atoms with Crippen molar-refractivity contribution in [2.24, 2.45) is 17.6 Å². The van der Waals surface area contributed by atoms with E-state index in [1.165, 1.54) is 38.5 Å². The van der Waals surface area contributed by atoms with Gasteiger partial charge in [-0.25, -0.2) is 0 Å². The summed E-state index contributed by atoms with van der Waals surface area (Å²) in [6.07, 6.45) is 10.5. The highest BCUT2D eigenvalue weighted by atomic mass is 16.1. The Morgan fingerprint density at radius 2 is 1.94 bits per heavy atom. The molecule has 0 spiro atoms. The molecule has 0 heterocycles. The molecule has 0 aromatic carbocycles. The molecule has 0 saturated heterocycles. The summed E-state index contributed by atoms with van der Waals surface area (Å²) >= 11 is 0. The first-order chi connectivity index (χ1) is 8.15. The van der Waals surface area contributed by atoms with Gasteiger partial charge in [-0.05, 0) is 24.7 Å². The zero-order chi connectivity index (χ0) is 12.7. The zero-order valence-electron chi connectivity index (χ0n) is 11.6. The van der Waals surface area contributed by atoms with Crippen LogP contribution in [0.15, 0.2) is 0 Å². The zero-order valence-corrected chi connectivity index (χ0v) is 11.6. The number of Topliss-reactive ketones (excluding diaryl/α,β-unsaturated/α-hetero) is 1. The Balaban J connectivity index is 2.29. The number of ketones is 1. The Morgan fingerprint density at radius 3 is 2.53 bits per heavy atom. The highest BCUT2D eigenvalue weighted by Gasteiger charge is 2.26. The summed E-state index contributed by atoms with van der Waals surface area (Å²) in [6.45, 7) is 4.38. The smallest absolute Gasteiger partial charge is 0.150 e. The molecule has 17 heavy (non-hydrogen) atoms. The van der Waals surface area contributed by atoms with Crippen LogP contribution in [0.4, 0.5) is 0 Å². The van der Waals surface area contributed by atoms with Crippen LogP contribution in [-0.2, 0) is 4.79 Å². The predicted molar refractivity (Wildman–Crippen MR) is 72.9 cm³/mol. The van der Waals surface area contributed by atoms with Crippen molar-refractivity contribution >= 4 is 5.78 Å². The lowest BCUT2D eigenvalue weighted by Gasteiger charge is -2.27. The molecule has 2 heteroatoms. The van der Waals surface area contributed by atoms with Crippen molar-refractivity contribution in [2.45, 2.75) is 77.7 Å². The monoisotopic (exact) mass is 239 g/mol. The van der Waals surface area contributed by atoms with Crippen LogP contribution in [0.1, 0.15) is 71.6 Å². The maximum atomic E-state index is 12.1. The Bertz CT molecular complexity index is 221. The average Bonchev–Trinajstić information content (AvgIpc) is 2.36. The fraction of sp³-hybridized carbons (Fsp3) is 0.933. The maximum Gasteiger partial charge on any atom is 0.150 e. The van der Waals surface area contributed by atoms with Crippen molar-refractivity contribution in [1.29, 1.82) is 0 Å². The number of rotatable bonds is 7. The minimum atomic E-state index is -0.181. The second-order valence-corrected chi connectivity index (χ2v) is 5.84. The number of unbranched alkanes of at least 4 members (excludes halogenated alkanes) is 1. The molecule has 1 aliphatic carbocycles. The summed E-state index contributed by atoms with van der Waals surface area (Å²) in [6, 6.07) is -0.181. The third-order valence-corrected chi connectivity index (χ3v) is 4.13. The van der Waals surface area contributed by atoms with Gasteiger partial charge in [-0.2, -0.15) is 0 Å². The number of nitrogens with two attached hydrogens (primary N) is 1. The van der Waals surface area contributed by atoms with Crippen molar-refractivity contribution in [3.05, 3.63) is 0 Å². The van der Waals surface area contributed by atoms with Crippen LogP contribution < -0.4 is 5.73 Å². The molecule has 0 amide bonds. The van der Waals surface area contributed by atoms with Gasteiger partial charge in [0.1, 0.15) is 5.78 Å². The molecule has 2 unspecified atom stereocenters. The van der Waals surface area contributed by atoms with Gasteiger partial charge in [-0.3, -0.25) is 4.79 Å². The lowest BCUT2D eigenvalue weighted by molar-refractivity contribution is -0.122. The van der Waals surface area contributed by atoms with Gasteiger partial charge in [0.15, 0.2) is 0 Å². The van der Waals surface area contributed by atoms with Gasteiger partial charge >= 0.3 is 0 Å². The Morgan fingerprint density at radius 1 is 1.29 bits per heavy atom. The van der Waals surface area contributed by atoms with Gasteiger partial charge in [0.05, 0.1) is 6.04 Å². The van der Waals surface area contributed by atoms with Crippen LogP contribution >= 0.6 is 0 Å². The Labute approximate surface area is 106 Å². The van der Waals surface area contributed by atoms with Crippen LogP contribution in [0.5, 0.6) is 0 Å². The minimum Gasteiger partial charge on any atom is -0.321 e. The van der Waals surface area contributed by atoms with E-state index in [4.69, 9.17) is 5.73 Å². The number of hydrogen-bond donors (Lipinski definition) is 1. The number of carbonyl (C=O) groups excluding carboxylic acids is 1. The first kappa shape index (κ1) is 14.7. The third kappa shape index (κ3) is 5.20. The van der Waals surface area contributed by atoms with E-state index in [9.17, 15) is 4.79 Å². The summed E-state index contributed by atoms with van der Waals surface area (Å²) in [7, 11) is 0. The molecule has 2 nitrogen and oxygen atoms in total. The van der Waals surface area contributed by atoms with E-state index in [0.29, 0.717) is 24.0 Å². The topological polar surface area (TPSA) is 43.1 Å². The normalized spacial score (nSPS) is 21.1. The molecule has 0 aromatic rings. The quantitative estimate of drug-likeness (QED) is 0.736. The highest BCUT2D eigenvalue weighted by molar-refractivity contribution is 5.84. The van der Waals surface area contributed by atoms with Gasteiger partial charge in [0, 0.05) is 6.42 Å². The predicted octanol–water partition coefficient (Wildman–Crippen LogP) is 3.68. The van der Waals surface area contributed by atoms with Crippen molar-refractivity contribution in [3.63, 3.8) is 0 Å². The molecule has 2 N–H and O–H groups in total. The summed E-state index contributed by atoms with van der Waals surface area (Å²) < 4.78 is 0. The van der Waals surface area contributed by atoms with E-state index >= 15 is 0 Å². The van der Waals surface area contributed by atoms with Crippen LogP contribution in [-0.4, -0.2) is 11.8 Å². The van der Waals surface area contributed by atoms with Crippen LogP contribution in [0.3, 0.4) is 0 Å². The van der Waals surface area contributed by atoms with Gasteiger partial charge in [0.25, 0.3) is 0 Å². The van der Waals surface area contributed by atoms with E-state index in [1.54, 1.807) is 0 Å². The van der Waals surface area contributed by atoms with Gasteiger partial charge in [0.2, 0.25) is 0 Å². The first-order valence-electron chi connectivity index (χ1n) is 7.43. The van der Waals surface area contributed by atoms with E-state index in [0.717, 1.165) is 12.8 Å². The molecule has 1 aliphatic rings. The maximum absolute atomic E-state index is 12.1. The molecule has 0 aliphatic heterocycles. The van der Waals surface area contributed by atoms with Crippen LogP contribution in [0, 0.1) is 11.8 Å². The van der Waals surface area contributed by atoms with E-state index < -0.39 is 0 Å². The molecule has 1 rings (SSSR count). The minimum absolute atomic E-state index is 0.181. The third-order valence-electron chi connectivity index (χ3n) is 4.13. The van der Waals surface area contributed by atoms with Gasteiger partial charge in [-0.1, -0.05) is 52.4 Å². The van der Waals surface area contributed by atoms with Crippen molar-refractivity contribution in [1.82, 2.24) is 0 Å². The molecule has 0 aromatic heterocycles. The van der Waals surface area contributed by atoms with Crippen molar-refractivity contribution in [3.8, 4) is 0 Å². The highest BCUT2D eigenvalue weighted by Crippen LogP contribution is 2.27.